The molecule has 0 atom stereocenters. The number of amidine groups is 1. The molecule has 1 fully saturated rings. The van der Waals surface area contributed by atoms with Gasteiger partial charge in [0.2, 0.25) is 0 Å². The molecule has 2 aromatic rings. The maximum Gasteiger partial charge on any atom is 0.164 e. The van der Waals surface area contributed by atoms with Crippen LogP contribution in [0.3, 0.4) is 0 Å². The number of benzene rings is 2. The summed E-state index contributed by atoms with van der Waals surface area (Å²) in [5.74, 6) is 0.972. The third-order valence-electron chi connectivity index (χ3n) is 6.43. The normalized spacial score (nSPS) is 20.5. The van der Waals surface area contributed by atoms with E-state index in [4.69, 9.17) is 4.99 Å². The summed E-state index contributed by atoms with van der Waals surface area (Å²) in [5.41, 5.74) is 7.47. The molecule has 1 aliphatic heterocycles. The summed E-state index contributed by atoms with van der Waals surface area (Å²) in [7, 11) is 2.21. The highest BCUT2D eigenvalue weighted by molar-refractivity contribution is 8.13. The zero-order chi connectivity index (χ0) is 18.3. The second-order valence-corrected chi connectivity index (χ2v) is 9.12. The molecule has 0 radical (unpaired) electrons. The second-order valence-electron chi connectivity index (χ2n) is 8.17. The Morgan fingerprint density at radius 3 is 2.56 bits per heavy atom. The molecule has 3 aliphatic rings. The minimum atomic E-state index is 0.358. The lowest BCUT2D eigenvalue weighted by Gasteiger charge is -2.42. The zero-order valence-corrected chi connectivity index (χ0v) is 16.8. The van der Waals surface area contributed by atoms with E-state index in [1.165, 1.54) is 54.5 Å². The van der Waals surface area contributed by atoms with Gasteiger partial charge in [-0.25, -0.2) is 4.99 Å². The summed E-state index contributed by atoms with van der Waals surface area (Å²) in [5, 5.41) is 1.16. The second kappa shape index (κ2) is 6.87. The number of rotatable bonds is 2. The first-order valence-corrected chi connectivity index (χ1v) is 11.0. The van der Waals surface area contributed by atoms with Crippen LogP contribution in [-0.2, 0) is 12.2 Å². The van der Waals surface area contributed by atoms with E-state index in [0.29, 0.717) is 5.41 Å². The largest absolute Gasteiger partial charge is 0.350 e. The van der Waals surface area contributed by atoms with Crippen LogP contribution in [0.25, 0.3) is 5.70 Å². The summed E-state index contributed by atoms with van der Waals surface area (Å²) < 4.78 is 0. The average molecular weight is 375 g/mol. The molecule has 5 rings (SSSR count). The molecule has 1 saturated carbocycles. The summed E-state index contributed by atoms with van der Waals surface area (Å²) in [4.78, 5) is 7.62. The van der Waals surface area contributed by atoms with Crippen molar-refractivity contribution in [1.82, 2.24) is 4.90 Å². The molecule has 1 spiro atoms. The van der Waals surface area contributed by atoms with Crippen LogP contribution in [0.2, 0.25) is 0 Å². The number of fused-ring (bicyclic) bond motifs is 3. The minimum absolute atomic E-state index is 0.358. The first-order valence-electron chi connectivity index (χ1n) is 10.0. The zero-order valence-electron chi connectivity index (χ0n) is 15.9. The first kappa shape index (κ1) is 17.1. The first-order chi connectivity index (χ1) is 13.3. The topological polar surface area (TPSA) is 15.6 Å². The number of likely N-dealkylation sites (N-methyl/N-ethyl adjacent to an activating group) is 1. The van der Waals surface area contributed by atoms with Gasteiger partial charge >= 0.3 is 0 Å². The molecule has 2 aromatic carbocycles. The van der Waals surface area contributed by atoms with E-state index in [9.17, 15) is 0 Å². The standard InChI is InChI=1S/C24H26N2S/c1-26-16-21-22(25-23(26)27-17-18-9-3-2-4-10-18)20-12-6-5-11-19(20)15-24(21)13-7-8-14-24/h2-6,9-12H,7-8,13-17H2,1H3. The van der Waals surface area contributed by atoms with Gasteiger partial charge in [-0.15, -0.1) is 0 Å². The van der Waals surface area contributed by atoms with E-state index in [0.717, 1.165) is 17.5 Å². The van der Waals surface area contributed by atoms with Gasteiger partial charge in [-0.1, -0.05) is 79.2 Å². The number of aliphatic imine (C=N–C) groups is 1. The lowest BCUT2D eigenvalue weighted by Crippen LogP contribution is -2.39. The molecular formula is C24H26N2S. The van der Waals surface area contributed by atoms with E-state index in [2.05, 4.69) is 66.5 Å². The Bertz CT molecular complexity index is 907. The van der Waals surface area contributed by atoms with Crippen LogP contribution in [0.4, 0.5) is 0 Å². The molecular weight excluding hydrogens is 348 g/mol. The van der Waals surface area contributed by atoms with Crippen molar-refractivity contribution in [3.8, 4) is 0 Å². The van der Waals surface area contributed by atoms with Gasteiger partial charge in [-0.3, -0.25) is 0 Å². The predicted molar refractivity (Wildman–Crippen MR) is 116 cm³/mol. The molecule has 0 amide bonds. The van der Waals surface area contributed by atoms with Gasteiger partial charge in [-0.2, -0.15) is 0 Å². The molecule has 138 valence electrons. The van der Waals surface area contributed by atoms with E-state index in [-0.39, 0.29) is 0 Å². The van der Waals surface area contributed by atoms with E-state index in [1.807, 2.05) is 11.8 Å². The summed E-state index contributed by atoms with van der Waals surface area (Å²) in [6.07, 6.45) is 6.59. The van der Waals surface area contributed by atoms with Crippen LogP contribution < -0.4 is 0 Å². The van der Waals surface area contributed by atoms with Crippen LogP contribution in [-0.4, -0.2) is 23.7 Å². The summed E-state index contributed by atoms with van der Waals surface area (Å²) >= 11 is 1.86. The van der Waals surface area contributed by atoms with Gasteiger partial charge in [0.1, 0.15) is 0 Å². The van der Waals surface area contributed by atoms with Crippen molar-refractivity contribution >= 4 is 22.6 Å². The Hall–Kier alpha value is -2.00. The molecule has 3 heteroatoms. The van der Waals surface area contributed by atoms with Gasteiger partial charge in [0.15, 0.2) is 5.17 Å². The average Bonchev–Trinajstić information content (AvgIpc) is 3.17. The van der Waals surface area contributed by atoms with Crippen molar-refractivity contribution in [2.75, 3.05) is 13.6 Å². The maximum atomic E-state index is 5.25. The van der Waals surface area contributed by atoms with Gasteiger partial charge in [-0.05, 0) is 41.4 Å². The third kappa shape index (κ3) is 3.02. The molecule has 2 aliphatic carbocycles. The highest BCUT2D eigenvalue weighted by Crippen LogP contribution is 2.54. The molecule has 0 aromatic heterocycles. The molecule has 0 saturated heterocycles. The van der Waals surface area contributed by atoms with Crippen LogP contribution in [0.5, 0.6) is 0 Å². The quantitative estimate of drug-likeness (QED) is 0.665. The van der Waals surface area contributed by atoms with Crippen molar-refractivity contribution in [3.63, 3.8) is 0 Å². The van der Waals surface area contributed by atoms with E-state index in [1.54, 1.807) is 5.57 Å². The minimum Gasteiger partial charge on any atom is -0.350 e. The predicted octanol–water partition coefficient (Wildman–Crippen LogP) is 5.75. The lowest BCUT2D eigenvalue weighted by atomic mass is 9.67. The highest BCUT2D eigenvalue weighted by Gasteiger charge is 2.44. The monoisotopic (exact) mass is 374 g/mol. The fraction of sp³-hybridized carbons (Fsp3) is 0.375. The van der Waals surface area contributed by atoms with Gasteiger partial charge in [0.05, 0.1) is 5.70 Å². The van der Waals surface area contributed by atoms with Crippen molar-refractivity contribution in [2.45, 2.75) is 37.9 Å². The SMILES string of the molecule is CN1CC2=C(N=C1SCc1ccccc1)c1ccccc1CC21CCCC1. The Labute approximate surface area is 166 Å². The van der Waals surface area contributed by atoms with Crippen molar-refractivity contribution < 1.29 is 0 Å². The molecule has 0 unspecified atom stereocenters. The fourth-order valence-corrected chi connectivity index (χ4v) is 5.97. The van der Waals surface area contributed by atoms with Crippen molar-refractivity contribution in [3.05, 3.63) is 76.9 Å². The molecule has 1 heterocycles. The van der Waals surface area contributed by atoms with E-state index < -0.39 is 0 Å². The van der Waals surface area contributed by atoms with Crippen molar-refractivity contribution in [2.24, 2.45) is 10.4 Å². The van der Waals surface area contributed by atoms with Gasteiger partial charge in [0.25, 0.3) is 0 Å². The van der Waals surface area contributed by atoms with Crippen LogP contribution >= 0.6 is 11.8 Å². The Morgan fingerprint density at radius 1 is 1.00 bits per heavy atom. The smallest absolute Gasteiger partial charge is 0.164 e. The highest BCUT2D eigenvalue weighted by atomic mass is 32.2. The number of hydrogen-bond donors (Lipinski definition) is 0. The molecule has 27 heavy (non-hydrogen) atoms. The maximum absolute atomic E-state index is 5.25. The number of hydrogen-bond acceptors (Lipinski definition) is 3. The Morgan fingerprint density at radius 2 is 1.74 bits per heavy atom. The van der Waals surface area contributed by atoms with Crippen LogP contribution in [0, 0.1) is 5.41 Å². The number of thioether (sulfide) groups is 1. The Kier molecular flexibility index (Phi) is 4.35. The van der Waals surface area contributed by atoms with Crippen LogP contribution in [0.15, 0.2) is 65.2 Å². The third-order valence-corrected chi connectivity index (χ3v) is 7.57. The molecule has 2 nitrogen and oxygen atoms in total. The van der Waals surface area contributed by atoms with Gasteiger partial charge in [0, 0.05) is 24.9 Å². The molecule has 0 bridgehead atoms. The Balaban J connectivity index is 1.53. The summed E-state index contributed by atoms with van der Waals surface area (Å²) in [6.45, 7) is 1.03. The number of nitrogens with zero attached hydrogens (tertiary/aromatic N) is 2. The summed E-state index contributed by atoms with van der Waals surface area (Å²) in [6, 6.07) is 19.7. The van der Waals surface area contributed by atoms with Gasteiger partial charge < -0.3 is 4.90 Å². The van der Waals surface area contributed by atoms with Crippen molar-refractivity contribution in [1.29, 1.82) is 0 Å². The molecule has 0 N–H and O–H groups in total. The van der Waals surface area contributed by atoms with E-state index >= 15 is 0 Å². The van der Waals surface area contributed by atoms with Crippen LogP contribution in [0.1, 0.15) is 42.4 Å². The fourth-order valence-electron chi connectivity index (χ4n) is 5.04. The lowest BCUT2D eigenvalue weighted by molar-refractivity contribution is 0.330.